The van der Waals surface area contributed by atoms with Crippen LogP contribution in [0.15, 0.2) is 12.3 Å². The molecule has 0 fully saturated rings. The summed E-state index contributed by atoms with van der Waals surface area (Å²) in [5, 5.41) is 0. The lowest BCUT2D eigenvalue weighted by atomic mass is 10.2. The summed E-state index contributed by atoms with van der Waals surface area (Å²) in [4.78, 5) is 24.1. The highest BCUT2D eigenvalue weighted by Crippen LogP contribution is 2.30. The molecule has 3 nitrogen and oxygen atoms in total. The van der Waals surface area contributed by atoms with Crippen LogP contribution in [0.4, 0.5) is 0 Å². The number of ketones is 1. The molecule has 0 saturated heterocycles. The van der Waals surface area contributed by atoms with E-state index >= 15 is 0 Å². The number of halogens is 3. The molecule has 0 aromatic carbocycles. The average molecular weight is 279 g/mol. The van der Waals surface area contributed by atoms with Gasteiger partial charge >= 0.3 is 0 Å². The van der Waals surface area contributed by atoms with Crippen LogP contribution in [0.5, 0.6) is 0 Å². The third kappa shape index (κ3) is 3.57. The maximum atomic E-state index is 11.5. The van der Waals surface area contributed by atoms with Crippen LogP contribution >= 0.6 is 34.8 Å². The van der Waals surface area contributed by atoms with Gasteiger partial charge in [-0.05, 0) is 6.07 Å². The summed E-state index contributed by atoms with van der Waals surface area (Å²) in [6, 6.07) is 1.46. The van der Waals surface area contributed by atoms with Gasteiger partial charge in [0.25, 0.3) is 3.79 Å². The van der Waals surface area contributed by atoms with Gasteiger partial charge in [-0.15, -0.1) is 0 Å². The van der Waals surface area contributed by atoms with Gasteiger partial charge in [0.15, 0.2) is 0 Å². The molecular formula is C10H6Cl3NO2. The minimum Gasteiger partial charge on any atom is -0.357 e. The summed E-state index contributed by atoms with van der Waals surface area (Å²) in [7, 11) is 0. The fourth-order valence-corrected chi connectivity index (χ4v) is 1.25. The van der Waals surface area contributed by atoms with Crippen molar-refractivity contribution in [2.45, 2.75) is 10.2 Å². The molecular weight excluding hydrogens is 272 g/mol. The zero-order valence-electron chi connectivity index (χ0n) is 7.89. The first-order chi connectivity index (χ1) is 7.45. The lowest BCUT2D eigenvalue weighted by Crippen LogP contribution is -2.19. The lowest BCUT2D eigenvalue weighted by molar-refractivity contribution is -0.107. The van der Waals surface area contributed by atoms with Crippen LogP contribution in [0, 0.1) is 11.8 Å². The number of carbonyl (C=O) groups is 2. The summed E-state index contributed by atoms with van der Waals surface area (Å²) in [6.07, 6.45) is 2.33. The van der Waals surface area contributed by atoms with E-state index < -0.39 is 9.58 Å². The normalized spacial score (nSPS) is 10.4. The van der Waals surface area contributed by atoms with E-state index in [9.17, 15) is 9.59 Å². The molecule has 0 aliphatic carbocycles. The van der Waals surface area contributed by atoms with E-state index in [0.717, 1.165) is 0 Å². The molecule has 0 radical (unpaired) electrons. The predicted octanol–water partition coefficient (Wildman–Crippen LogP) is 2.51. The highest BCUT2D eigenvalue weighted by Gasteiger charge is 2.32. The molecule has 0 unspecified atom stereocenters. The number of aromatic nitrogens is 1. The molecule has 84 valence electrons. The van der Waals surface area contributed by atoms with Crippen LogP contribution in [0.3, 0.4) is 0 Å². The Kier molecular flexibility index (Phi) is 4.43. The number of hydrogen-bond acceptors (Lipinski definition) is 2. The molecule has 0 aliphatic rings. The van der Waals surface area contributed by atoms with E-state index in [4.69, 9.17) is 34.8 Å². The van der Waals surface area contributed by atoms with E-state index in [1.54, 1.807) is 0 Å². The van der Waals surface area contributed by atoms with E-state index in [1.165, 1.54) is 12.3 Å². The van der Waals surface area contributed by atoms with Gasteiger partial charge in [-0.1, -0.05) is 46.6 Å². The maximum absolute atomic E-state index is 11.5. The predicted molar refractivity (Wildman–Crippen MR) is 63.0 cm³/mol. The molecule has 0 bridgehead atoms. The van der Waals surface area contributed by atoms with Crippen LogP contribution in [0.1, 0.15) is 22.5 Å². The largest absolute Gasteiger partial charge is 0.357 e. The average Bonchev–Trinajstić information content (AvgIpc) is 2.64. The second kappa shape index (κ2) is 5.40. The second-order valence-electron chi connectivity index (χ2n) is 2.80. The Balaban J connectivity index is 2.85. The number of aromatic amines is 1. The van der Waals surface area contributed by atoms with E-state index in [2.05, 4.69) is 16.8 Å². The molecule has 0 saturated carbocycles. The topological polar surface area (TPSA) is 49.9 Å². The van der Waals surface area contributed by atoms with Crippen molar-refractivity contribution in [2.24, 2.45) is 0 Å². The number of hydrogen-bond donors (Lipinski definition) is 1. The van der Waals surface area contributed by atoms with Gasteiger partial charge in [-0.2, -0.15) is 0 Å². The van der Waals surface area contributed by atoms with Crippen molar-refractivity contribution >= 4 is 46.9 Å². The van der Waals surface area contributed by atoms with Gasteiger partial charge < -0.3 is 9.78 Å². The maximum Gasteiger partial charge on any atom is 0.254 e. The Morgan fingerprint density at radius 2 is 2.19 bits per heavy atom. The first-order valence-electron chi connectivity index (χ1n) is 4.17. The second-order valence-corrected chi connectivity index (χ2v) is 5.08. The minimum atomic E-state index is -1.99. The molecule has 0 spiro atoms. The van der Waals surface area contributed by atoms with Crippen molar-refractivity contribution in [2.75, 3.05) is 0 Å². The Bertz CT molecular complexity index is 462. The number of alkyl halides is 3. The van der Waals surface area contributed by atoms with E-state index in [1.807, 2.05) is 0 Å². The molecule has 0 atom stereocenters. The summed E-state index contributed by atoms with van der Waals surface area (Å²) in [6.45, 7) is 0. The van der Waals surface area contributed by atoms with Crippen molar-refractivity contribution in [3.05, 3.63) is 23.5 Å². The third-order valence-corrected chi connectivity index (χ3v) is 2.12. The Hall–Kier alpha value is -0.950. The number of Topliss-reactive ketones (excluding diaryl/α,β-unsaturated/α-hetero) is 1. The molecule has 1 aromatic rings. The molecule has 6 heteroatoms. The highest BCUT2D eigenvalue weighted by molar-refractivity contribution is 6.77. The zero-order valence-corrected chi connectivity index (χ0v) is 10.2. The van der Waals surface area contributed by atoms with Crippen molar-refractivity contribution in [3.8, 4) is 11.8 Å². The van der Waals surface area contributed by atoms with E-state index in [-0.39, 0.29) is 12.1 Å². The standard InChI is InChI=1S/C10H6Cl3NO2/c11-10(12,13)9(16)8-5-7(6-14-8)3-1-2-4-15/h4-6,14H,2H2. The van der Waals surface area contributed by atoms with Crippen LogP contribution < -0.4 is 0 Å². The van der Waals surface area contributed by atoms with Crippen molar-refractivity contribution < 1.29 is 9.59 Å². The number of aldehydes is 1. The molecule has 1 rings (SSSR count). The quantitative estimate of drug-likeness (QED) is 0.391. The Labute approximate surface area is 107 Å². The minimum absolute atomic E-state index is 0.138. The summed E-state index contributed by atoms with van der Waals surface area (Å²) < 4.78 is -1.99. The number of nitrogens with one attached hydrogen (secondary N) is 1. The number of rotatable bonds is 2. The highest BCUT2D eigenvalue weighted by atomic mass is 35.6. The summed E-state index contributed by atoms with van der Waals surface area (Å²) >= 11 is 16.3. The van der Waals surface area contributed by atoms with Gasteiger partial charge in [0.1, 0.15) is 6.29 Å². The molecule has 1 heterocycles. The fraction of sp³-hybridized carbons (Fsp3) is 0.200. The van der Waals surface area contributed by atoms with Crippen LogP contribution in [0.25, 0.3) is 0 Å². The Morgan fingerprint density at radius 1 is 1.50 bits per heavy atom. The van der Waals surface area contributed by atoms with Crippen LogP contribution in [0.2, 0.25) is 0 Å². The summed E-state index contributed by atoms with van der Waals surface area (Å²) in [5.74, 6) is 4.62. The van der Waals surface area contributed by atoms with Gasteiger partial charge in [-0.3, -0.25) is 4.79 Å². The SMILES string of the molecule is O=CCC#Cc1c[nH]c(C(=O)C(Cl)(Cl)Cl)c1. The van der Waals surface area contributed by atoms with Crippen molar-refractivity contribution in [1.82, 2.24) is 4.98 Å². The lowest BCUT2D eigenvalue weighted by Gasteiger charge is -2.06. The van der Waals surface area contributed by atoms with Gasteiger partial charge in [-0.25, -0.2) is 0 Å². The number of H-pyrrole nitrogens is 1. The van der Waals surface area contributed by atoms with Gasteiger partial charge in [0.2, 0.25) is 5.78 Å². The monoisotopic (exact) mass is 277 g/mol. The van der Waals surface area contributed by atoms with Crippen molar-refractivity contribution in [1.29, 1.82) is 0 Å². The first-order valence-corrected chi connectivity index (χ1v) is 5.31. The smallest absolute Gasteiger partial charge is 0.254 e. The fourth-order valence-electron chi connectivity index (χ4n) is 0.945. The van der Waals surface area contributed by atoms with Gasteiger partial charge in [0.05, 0.1) is 12.1 Å². The van der Waals surface area contributed by atoms with Crippen molar-refractivity contribution in [3.63, 3.8) is 0 Å². The molecule has 1 N–H and O–H groups in total. The molecule has 1 aromatic heterocycles. The molecule has 0 amide bonds. The van der Waals surface area contributed by atoms with E-state index in [0.29, 0.717) is 11.8 Å². The number of carbonyl (C=O) groups excluding carboxylic acids is 2. The molecule has 0 aliphatic heterocycles. The molecule has 16 heavy (non-hydrogen) atoms. The van der Waals surface area contributed by atoms with Gasteiger partial charge in [0, 0.05) is 11.8 Å². The summed E-state index contributed by atoms with van der Waals surface area (Å²) in [5.41, 5.74) is 0.717. The third-order valence-electron chi connectivity index (χ3n) is 1.60. The van der Waals surface area contributed by atoms with Crippen LogP contribution in [-0.2, 0) is 4.79 Å². The Morgan fingerprint density at radius 3 is 2.75 bits per heavy atom. The van der Waals surface area contributed by atoms with Crippen LogP contribution in [-0.4, -0.2) is 20.8 Å². The first kappa shape index (κ1) is 13.1. The zero-order chi connectivity index (χ0) is 12.2.